The lowest BCUT2D eigenvalue weighted by Gasteiger charge is -2.23. The largest absolute Gasteiger partial charge is 0.491 e. The smallest absolute Gasteiger partial charge is 0.305 e. The second-order valence-corrected chi connectivity index (χ2v) is 19.3. The van der Waals surface area contributed by atoms with E-state index in [-0.39, 0.29) is 29.0 Å². The minimum absolute atomic E-state index is 0.0330. The van der Waals surface area contributed by atoms with Crippen molar-refractivity contribution < 1.29 is 22.3 Å². The minimum Gasteiger partial charge on any atom is -0.491 e. The van der Waals surface area contributed by atoms with Crippen LogP contribution in [0.5, 0.6) is 5.75 Å². The van der Waals surface area contributed by atoms with Crippen LogP contribution in [0, 0.1) is 18.6 Å². The molecule has 0 saturated heterocycles. The lowest BCUT2D eigenvalue weighted by molar-refractivity contribution is 0.0397. The first-order valence-corrected chi connectivity index (χ1v) is 18.6. The van der Waals surface area contributed by atoms with Gasteiger partial charge in [0.15, 0.2) is 11.6 Å². The van der Waals surface area contributed by atoms with Gasteiger partial charge in [-0.3, -0.25) is 0 Å². The molecule has 0 aromatic heterocycles. The van der Waals surface area contributed by atoms with Gasteiger partial charge in [0.05, 0.1) is 17.7 Å². The first-order valence-electron chi connectivity index (χ1n) is 12.1. The molecule has 0 saturated carbocycles. The summed E-state index contributed by atoms with van der Waals surface area (Å²) >= 11 is 0. The summed E-state index contributed by atoms with van der Waals surface area (Å²) in [5, 5.41) is 0. The summed E-state index contributed by atoms with van der Waals surface area (Å²) in [6.07, 6.45) is 4.04. The van der Waals surface area contributed by atoms with Gasteiger partial charge < -0.3 is 4.74 Å². The van der Waals surface area contributed by atoms with Crippen LogP contribution in [0.2, 0.25) is 44.3 Å². The number of hydrogen-bond acceptors (Lipinski definition) is 1. The molecule has 3 rings (SSSR count). The van der Waals surface area contributed by atoms with Crippen molar-refractivity contribution in [2.24, 2.45) is 0 Å². The molecule has 7 heteroatoms. The average Bonchev–Trinajstić information content (AvgIpc) is 2.97. The molecule has 0 fully saturated rings. The average molecular weight is 497 g/mol. The number of ether oxygens (including phenoxy) is 1. The van der Waals surface area contributed by atoms with Crippen LogP contribution in [-0.2, 0) is 5.92 Å². The molecule has 33 heavy (non-hydrogen) atoms. The van der Waals surface area contributed by atoms with Gasteiger partial charge in [0.1, 0.15) is 5.82 Å². The normalized spacial score (nSPS) is 14.5. The quantitative estimate of drug-likeness (QED) is 0.172. The summed E-state index contributed by atoms with van der Waals surface area (Å²) in [7, 11) is -1.57. The van der Waals surface area contributed by atoms with Crippen molar-refractivity contribution in [1.29, 1.82) is 0 Å². The van der Waals surface area contributed by atoms with E-state index in [0.29, 0.717) is 0 Å². The maximum atomic E-state index is 15.0. The Balaban J connectivity index is 1.54. The van der Waals surface area contributed by atoms with E-state index in [1.54, 1.807) is 0 Å². The molecule has 182 valence electrons. The van der Waals surface area contributed by atoms with E-state index in [1.807, 2.05) is 0 Å². The van der Waals surface area contributed by atoms with Crippen molar-refractivity contribution in [1.82, 2.24) is 0 Å². The molecule has 0 heterocycles. The Labute approximate surface area is 198 Å². The van der Waals surface area contributed by atoms with Crippen LogP contribution in [0.4, 0.5) is 17.6 Å². The van der Waals surface area contributed by atoms with Gasteiger partial charge in [-0.25, -0.2) is 8.78 Å². The second-order valence-electron chi connectivity index (χ2n) is 10.6. The van der Waals surface area contributed by atoms with E-state index in [4.69, 9.17) is 4.74 Å². The first kappa shape index (κ1) is 26.0. The molecule has 0 spiro atoms. The standard InChI is InChI=1S/C26H36F4OSi2/c1-18-10-11-19-20-12-13-21(25(28)23(20)26(29,30)22(19)24(18)27)31-14-8-6-7-9-16-33(4,5)17-15-32(2)3/h10-13,32H,6-9,14-17H2,1-5H3. The molecule has 1 nitrogen and oxygen atoms in total. The molecule has 1 aliphatic carbocycles. The Morgan fingerprint density at radius 1 is 0.848 bits per heavy atom. The van der Waals surface area contributed by atoms with E-state index in [9.17, 15) is 4.39 Å². The number of benzene rings is 2. The first-order chi connectivity index (χ1) is 15.5. The van der Waals surface area contributed by atoms with Crippen LogP contribution < -0.4 is 4.74 Å². The van der Waals surface area contributed by atoms with Gasteiger partial charge in [0.2, 0.25) is 0 Å². The summed E-state index contributed by atoms with van der Waals surface area (Å²) in [5.74, 6) is -5.98. The molecule has 0 atom stereocenters. The zero-order valence-electron chi connectivity index (χ0n) is 20.5. The van der Waals surface area contributed by atoms with Gasteiger partial charge in [0.25, 0.3) is 0 Å². The molecular weight excluding hydrogens is 460 g/mol. The van der Waals surface area contributed by atoms with Gasteiger partial charge >= 0.3 is 5.92 Å². The Hall–Kier alpha value is -1.61. The van der Waals surface area contributed by atoms with E-state index in [1.165, 1.54) is 55.7 Å². The molecule has 0 amide bonds. The molecule has 0 N–H and O–H groups in total. The van der Waals surface area contributed by atoms with Crippen LogP contribution in [0.3, 0.4) is 0 Å². The molecule has 0 aliphatic heterocycles. The van der Waals surface area contributed by atoms with Crippen LogP contribution >= 0.6 is 0 Å². The zero-order chi connectivity index (χ0) is 24.4. The van der Waals surface area contributed by atoms with Crippen molar-refractivity contribution in [2.45, 2.75) is 82.8 Å². The van der Waals surface area contributed by atoms with Crippen molar-refractivity contribution in [3.8, 4) is 16.9 Å². The molecule has 2 aromatic rings. The maximum Gasteiger partial charge on any atom is 0.305 e. The zero-order valence-corrected chi connectivity index (χ0v) is 22.6. The maximum absolute atomic E-state index is 15.0. The number of fused-ring (bicyclic) bond motifs is 3. The number of aryl methyl sites for hydroxylation is 1. The molecule has 0 radical (unpaired) electrons. The molecular formula is C26H36F4OSi2. The number of alkyl halides is 2. The predicted molar refractivity (Wildman–Crippen MR) is 134 cm³/mol. The highest BCUT2D eigenvalue weighted by Gasteiger charge is 2.49. The Morgan fingerprint density at radius 2 is 1.45 bits per heavy atom. The topological polar surface area (TPSA) is 9.23 Å². The second kappa shape index (κ2) is 10.3. The van der Waals surface area contributed by atoms with Crippen molar-refractivity contribution >= 4 is 16.9 Å². The SMILES string of the molecule is Cc1ccc2c(c1F)C(F)(F)c1c-2ccc(OCCCCCC[Si](C)(C)CC[SiH](C)C)c1F. The third-order valence-electron chi connectivity index (χ3n) is 6.76. The van der Waals surface area contributed by atoms with Crippen molar-refractivity contribution in [2.75, 3.05) is 6.61 Å². The van der Waals surface area contributed by atoms with Gasteiger partial charge in [-0.05, 0) is 42.2 Å². The Bertz CT molecular complexity index is 989. The minimum atomic E-state index is -3.72. The summed E-state index contributed by atoms with van der Waals surface area (Å²) < 4.78 is 65.0. The number of hydrogen-bond donors (Lipinski definition) is 0. The van der Waals surface area contributed by atoms with E-state index >= 15 is 13.2 Å². The predicted octanol–water partition coefficient (Wildman–Crippen LogP) is 8.53. The van der Waals surface area contributed by atoms with Gasteiger partial charge in [0, 0.05) is 16.9 Å². The third kappa shape index (κ3) is 5.73. The lowest BCUT2D eigenvalue weighted by atomic mass is 10.0. The monoisotopic (exact) mass is 496 g/mol. The number of halogens is 4. The fourth-order valence-electron chi connectivity index (χ4n) is 4.58. The highest BCUT2D eigenvalue weighted by atomic mass is 28.3. The summed E-state index contributed by atoms with van der Waals surface area (Å²) in [5.41, 5.74) is -1.32. The molecule has 0 bridgehead atoms. The van der Waals surface area contributed by atoms with Gasteiger partial charge in [-0.2, -0.15) is 8.78 Å². The van der Waals surface area contributed by atoms with Gasteiger partial charge in [-0.1, -0.05) is 75.7 Å². The van der Waals surface area contributed by atoms with Crippen molar-refractivity contribution in [3.63, 3.8) is 0 Å². The molecule has 1 aliphatic rings. The number of rotatable bonds is 11. The fraction of sp³-hybridized carbons (Fsp3) is 0.538. The highest BCUT2D eigenvalue weighted by Crippen LogP contribution is 2.54. The van der Waals surface area contributed by atoms with Crippen molar-refractivity contribution in [3.05, 3.63) is 52.6 Å². The molecule has 0 unspecified atom stereocenters. The van der Waals surface area contributed by atoms with E-state index in [2.05, 4.69) is 26.2 Å². The summed E-state index contributed by atoms with van der Waals surface area (Å²) in [4.78, 5) is 0. The Morgan fingerprint density at radius 3 is 2.12 bits per heavy atom. The summed E-state index contributed by atoms with van der Waals surface area (Å²) in [6.45, 7) is 11.5. The lowest BCUT2D eigenvalue weighted by Crippen LogP contribution is -2.26. The van der Waals surface area contributed by atoms with Crippen LogP contribution in [-0.4, -0.2) is 23.5 Å². The van der Waals surface area contributed by atoms with Crippen LogP contribution in [0.25, 0.3) is 11.1 Å². The van der Waals surface area contributed by atoms with Crippen LogP contribution in [0.15, 0.2) is 24.3 Å². The van der Waals surface area contributed by atoms with Gasteiger partial charge in [-0.15, -0.1) is 0 Å². The Kier molecular flexibility index (Phi) is 8.15. The molecule has 2 aromatic carbocycles. The number of unbranched alkanes of at least 4 members (excludes halogenated alkanes) is 3. The fourth-order valence-corrected chi connectivity index (χ4v) is 11.5. The summed E-state index contributed by atoms with van der Waals surface area (Å²) in [6, 6.07) is 9.86. The third-order valence-corrected chi connectivity index (χ3v) is 12.1. The van der Waals surface area contributed by atoms with Crippen LogP contribution in [0.1, 0.15) is 42.4 Å². The van der Waals surface area contributed by atoms with E-state index < -0.39 is 45.6 Å². The highest BCUT2D eigenvalue weighted by molar-refractivity contribution is 6.78. The van der Waals surface area contributed by atoms with E-state index in [0.717, 1.165) is 19.3 Å².